The largest absolute Gasteiger partial charge is 0.482 e. The van der Waals surface area contributed by atoms with Crippen LogP contribution in [-0.2, 0) is 24.1 Å². The fraction of sp³-hybridized carbons (Fsp3) is 0.174. The molecule has 0 atom stereocenters. The minimum absolute atomic E-state index is 0.00658. The van der Waals surface area contributed by atoms with Crippen molar-refractivity contribution in [1.29, 1.82) is 0 Å². The van der Waals surface area contributed by atoms with E-state index in [1.165, 1.54) is 6.07 Å². The summed E-state index contributed by atoms with van der Waals surface area (Å²) < 4.78 is 59.0. The zero-order valence-corrected chi connectivity index (χ0v) is 19.5. The maximum atomic E-state index is 14.3. The maximum absolute atomic E-state index is 14.3. The third-order valence-corrected chi connectivity index (χ3v) is 5.42. The number of amides is 3. The average Bonchev–Trinajstić information content (AvgIpc) is 3.29. The molecule has 39 heavy (non-hydrogen) atoms. The van der Waals surface area contributed by atoms with Crippen LogP contribution in [0, 0.1) is 5.82 Å². The SMILES string of the molecule is O=C1COc2ccc(CNC(=O)c3cc(C(=O)NCc4ccnc(C(F)(F)F)n4)n4ncc(F)c4n3)cc2N1. The van der Waals surface area contributed by atoms with Crippen LogP contribution in [0.15, 0.2) is 42.7 Å². The Balaban J connectivity index is 1.33. The van der Waals surface area contributed by atoms with Crippen LogP contribution in [0.2, 0.25) is 0 Å². The van der Waals surface area contributed by atoms with Gasteiger partial charge in [-0.2, -0.15) is 18.3 Å². The fourth-order valence-electron chi connectivity index (χ4n) is 3.62. The van der Waals surface area contributed by atoms with Crippen molar-refractivity contribution in [2.24, 2.45) is 0 Å². The minimum Gasteiger partial charge on any atom is -0.482 e. The van der Waals surface area contributed by atoms with E-state index >= 15 is 0 Å². The smallest absolute Gasteiger partial charge is 0.451 e. The molecule has 0 radical (unpaired) electrons. The fourth-order valence-corrected chi connectivity index (χ4v) is 3.62. The highest BCUT2D eigenvalue weighted by Gasteiger charge is 2.34. The molecule has 0 aliphatic carbocycles. The molecule has 3 amide bonds. The highest BCUT2D eigenvalue weighted by atomic mass is 19.4. The van der Waals surface area contributed by atoms with Crippen LogP contribution < -0.4 is 20.7 Å². The van der Waals surface area contributed by atoms with Gasteiger partial charge in [0.15, 0.2) is 18.1 Å². The molecule has 0 saturated heterocycles. The number of anilines is 1. The molecule has 0 spiro atoms. The molecule has 0 unspecified atom stereocenters. The number of nitrogens with zero attached hydrogens (tertiary/aromatic N) is 5. The Bertz CT molecular complexity index is 1620. The molecule has 5 rings (SSSR count). The van der Waals surface area contributed by atoms with Gasteiger partial charge >= 0.3 is 6.18 Å². The van der Waals surface area contributed by atoms with Crippen LogP contribution in [-0.4, -0.2) is 48.9 Å². The third-order valence-electron chi connectivity index (χ3n) is 5.42. The zero-order chi connectivity index (χ0) is 27.7. The third kappa shape index (κ3) is 5.43. The van der Waals surface area contributed by atoms with Crippen molar-refractivity contribution in [1.82, 2.24) is 35.2 Å². The van der Waals surface area contributed by atoms with Crippen LogP contribution >= 0.6 is 0 Å². The molecule has 1 aliphatic heterocycles. The molecule has 1 aliphatic rings. The summed E-state index contributed by atoms with van der Waals surface area (Å²) in [5.41, 5.74) is -0.125. The van der Waals surface area contributed by atoms with E-state index in [0.29, 0.717) is 17.0 Å². The van der Waals surface area contributed by atoms with Crippen LogP contribution in [0.1, 0.15) is 38.1 Å². The van der Waals surface area contributed by atoms with Gasteiger partial charge in [0.05, 0.1) is 24.1 Å². The van der Waals surface area contributed by atoms with E-state index in [2.05, 4.69) is 36.0 Å². The molecule has 0 fully saturated rings. The summed E-state index contributed by atoms with van der Waals surface area (Å²) in [6.07, 6.45) is -3.08. The molecule has 12 nitrogen and oxygen atoms in total. The molecule has 4 aromatic rings. The lowest BCUT2D eigenvalue weighted by Crippen LogP contribution is -2.29. The first-order valence-electron chi connectivity index (χ1n) is 11.1. The summed E-state index contributed by atoms with van der Waals surface area (Å²) in [6.45, 7) is -0.530. The van der Waals surface area contributed by atoms with Crippen LogP contribution in [0.4, 0.5) is 23.2 Å². The summed E-state index contributed by atoms with van der Waals surface area (Å²) in [6, 6.07) is 7.14. The van der Waals surface area contributed by atoms with Gasteiger partial charge in [0.2, 0.25) is 5.82 Å². The maximum Gasteiger partial charge on any atom is 0.451 e. The first-order chi connectivity index (χ1) is 18.6. The molecule has 200 valence electrons. The Morgan fingerprint density at radius 1 is 1.08 bits per heavy atom. The summed E-state index contributed by atoms with van der Waals surface area (Å²) in [7, 11) is 0. The molecular weight excluding hydrogens is 528 g/mol. The average molecular weight is 544 g/mol. The lowest BCUT2D eigenvalue weighted by Gasteiger charge is -2.18. The Morgan fingerprint density at radius 2 is 1.87 bits per heavy atom. The van der Waals surface area contributed by atoms with Crippen molar-refractivity contribution >= 4 is 29.1 Å². The van der Waals surface area contributed by atoms with Gasteiger partial charge in [-0.15, -0.1) is 0 Å². The predicted molar refractivity (Wildman–Crippen MR) is 123 cm³/mol. The summed E-state index contributed by atoms with van der Waals surface area (Å²) in [5, 5.41) is 11.4. The van der Waals surface area contributed by atoms with Gasteiger partial charge in [0.25, 0.3) is 17.7 Å². The number of carbonyl (C=O) groups excluding carboxylic acids is 3. The standard InChI is InChI=1S/C23H16F4N8O4/c24-13-9-31-35-16(21(38)30-8-12-3-4-28-22(32-12)23(25,26)27)6-15(34-19(13)35)20(37)29-7-11-1-2-17-14(5-11)33-18(36)10-39-17/h1-6,9H,7-8,10H2,(H,29,37)(H,30,38)(H,33,36). The number of rotatable bonds is 6. The summed E-state index contributed by atoms with van der Waals surface area (Å²) >= 11 is 0. The number of halogens is 4. The lowest BCUT2D eigenvalue weighted by atomic mass is 10.1. The number of fused-ring (bicyclic) bond motifs is 2. The van der Waals surface area contributed by atoms with Crippen molar-refractivity contribution in [3.05, 3.63) is 77.0 Å². The van der Waals surface area contributed by atoms with E-state index in [-0.39, 0.29) is 36.1 Å². The second-order valence-electron chi connectivity index (χ2n) is 8.16. The topological polar surface area (TPSA) is 152 Å². The van der Waals surface area contributed by atoms with Crippen molar-refractivity contribution in [3.8, 4) is 5.75 Å². The number of hydrogen-bond donors (Lipinski definition) is 3. The predicted octanol–water partition coefficient (Wildman–Crippen LogP) is 1.87. The normalized spacial score (nSPS) is 12.9. The quantitative estimate of drug-likeness (QED) is 0.311. The monoisotopic (exact) mass is 544 g/mol. The van der Waals surface area contributed by atoms with Gasteiger partial charge in [-0.1, -0.05) is 6.07 Å². The number of nitrogens with one attached hydrogen (secondary N) is 3. The van der Waals surface area contributed by atoms with Gasteiger partial charge in [0.1, 0.15) is 17.1 Å². The van der Waals surface area contributed by atoms with Gasteiger partial charge < -0.3 is 20.7 Å². The van der Waals surface area contributed by atoms with E-state index < -0.39 is 41.8 Å². The molecule has 4 heterocycles. The minimum atomic E-state index is -4.77. The molecule has 0 bridgehead atoms. The van der Waals surface area contributed by atoms with Crippen LogP contribution in [0.5, 0.6) is 5.75 Å². The Morgan fingerprint density at radius 3 is 2.67 bits per heavy atom. The van der Waals surface area contributed by atoms with Crippen molar-refractivity contribution in [2.45, 2.75) is 19.3 Å². The second-order valence-corrected chi connectivity index (χ2v) is 8.16. The molecule has 1 aromatic carbocycles. The number of hydrogen-bond acceptors (Lipinski definition) is 8. The van der Waals surface area contributed by atoms with Crippen molar-refractivity contribution in [2.75, 3.05) is 11.9 Å². The highest BCUT2D eigenvalue weighted by molar-refractivity contribution is 5.98. The van der Waals surface area contributed by atoms with Gasteiger partial charge in [-0.25, -0.2) is 23.9 Å². The van der Waals surface area contributed by atoms with Crippen LogP contribution in [0.25, 0.3) is 5.65 Å². The number of benzene rings is 1. The van der Waals surface area contributed by atoms with E-state index in [9.17, 15) is 31.9 Å². The van der Waals surface area contributed by atoms with E-state index in [0.717, 1.165) is 23.0 Å². The second kappa shape index (κ2) is 9.96. The molecule has 3 N–H and O–H groups in total. The van der Waals surface area contributed by atoms with Gasteiger partial charge in [0, 0.05) is 18.8 Å². The molecular formula is C23H16F4N8O4. The lowest BCUT2D eigenvalue weighted by molar-refractivity contribution is -0.145. The van der Waals surface area contributed by atoms with E-state index in [4.69, 9.17) is 4.74 Å². The Hall–Kier alpha value is -5.15. The van der Waals surface area contributed by atoms with Crippen molar-refractivity contribution < 1.29 is 36.7 Å². The zero-order valence-electron chi connectivity index (χ0n) is 19.5. The summed E-state index contributed by atoms with van der Waals surface area (Å²) in [5.74, 6) is -3.76. The Kier molecular flexibility index (Phi) is 6.51. The number of alkyl halides is 3. The summed E-state index contributed by atoms with van der Waals surface area (Å²) in [4.78, 5) is 47.7. The first kappa shape index (κ1) is 25.5. The number of carbonyl (C=O) groups is 3. The van der Waals surface area contributed by atoms with Gasteiger partial charge in [-0.3, -0.25) is 14.4 Å². The number of aromatic nitrogens is 5. The van der Waals surface area contributed by atoms with Crippen molar-refractivity contribution in [3.63, 3.8) is 0 Å². The van der Waals surface area contributed by atoms with E-state index in [1.807, 2.05) is 0 Å². The Labute approximate surface area is 215 Å². The molecule has 0 saturated carbocycles. The first-order valence-corrected chi connectivity index (χ1v) is 11.1. The molecule has 16 heteroatoms. The highest BCUT2D eigenvalue weighted by Crippen LogP contribution is 2.28. The van der Waals surface area contributed by atoms with Crippen LogP contribution in [0.3, 0.4) is 0 Å². The van der Waals surface area contributed by atoms with E-state index in [1.54, 1.807) is 18.2 Å². The number of ether oxygens (including phenoxy) is 1. The van der Waals surface area contributed by atoms with Gasteiger partial charge in [-0.05, 0) is 23.8 Å². The molecule has 3 aromatic heterocycles.